The maximum Gasteiger partial charge on any atom is 0.0912 e. The molecule has 0 radical (unpaired) electrons. The lowest BCUT2D eigenvalue weighted by Gasteiger charge is -2.01. The zero-order valence-corrected chi connectivity index (χ0v) is 7.98. The van der Waals surface area contributed by atoms with Gasteiger partial charge in [0.25, 0.3) is 0 Å². The fourth-order valence-electron chi connectivity index (χ4n) is 1.19. The van der Waals surface area contributed by atoms with Gasteiger partial charge in [-0.25, -0.2) is 0 Å². The number of rotatable bonds is 4. The van der Waals surface area contributed by atoms with E-state index in [2.05, 4.69) is 11.6 Å². The Balaban J connectivity index is 2.86. The lowest BCUT2D eigenvalue weighted by molar-refractivity contribution is 0.983. The maximum absolute atomic E-state index is 8.41. The number of aryl methyl sites for hydroxylation is 1. The molecule has 1 rings (SSSR count). The Hall–Kier alpha value is -1.88. The Morgan fingerprint density at radius 3 is 3.14 bits per heavy atom. The Bertz CT molecular complexity index is 372. The number of nitrogens with zero attached hydrogens (tertiary/aromatic N) is 2. The average Bonchev–Trinajstić information content (AvgIpc) is 2.24. The molecule has 2 nitrogen and oxygen atoms in total. The minimum atomic E-state index is 0.871. The highest BCUT2D eigenvalue weighted by molar-refractivity contribution is 5.51. The Labute approximate surface area is 84.2 Å². The molecule has 0 aliphatic heterocycles. The van der Waals surface area contributed by atoms with E-state index in [0.29, 0.717) is 0 Å². The monoisotopic (exact) mass is 184 g/mol. The van der Waals surface area contributed by atoms with Gasteiger partial charge in [0.15, 0.2) is 0 Å². The van der Waals surface area contributed by atoms with Gasteiger partial charge in [0.1, 0.15) is 0 Å². The topological polar surface area (TPSA) is 36.7 Å². The van der Waals surface area contributed by atoms with E-state index < -0.39 is 0 Å². The first-order valence-electron chi connectivity index (χ1n) is 4.49. The molecule has 0 bridgehead atoms. The summed E-state index contributed by atoms with van der Waals surface area (Å²) in [6, 6.07) is 5.89. The highest BCUT2D eigenvalue weighted by Gasteiger charge is 1.97. The highest BCUT2D eigenvalue weighted by atomic mass is 14.7. The molecule has 0 amide bonds. The number of aromatic nitrogens is 1. The second-order valence-electron chi connectivity index (χ2n) is 2.84. The molecule has 0 fully saturated rings. The van der Waals surface area contributed by atoms with Crippen molar-refractivity contribution in [1.29, 1.82) is 5.26 Å². The van der Waals surface area contributed by atoms with E-state index in [-0.39, 0.29) is 0 Å². The van der Waals surface area contributed by atoms with Crippen molar-refractivity contribution in [1.82, 2.24) is 4.98 Å². The first kappa shape index (κ1) is 10.2. The Morgan fingerprint density at radius 2 is 2.43 bits per heavy atom. The molecule has 0 spiro atoms. The van der Waals surface area contributed by atoms with Crippen LogP contribution >= 0.6 is 0 Å². The fraction of sp³-hybridized carbons (Fsp3) is 0.167. The molecular weight excluding hydrogens is 172 g/mol. The quantitative estimate of drug-likeness (QED) is 0.533. The van der Waals surface area contributed by atoms with E-state index >= 15 is 0 Å². The third-order valence-corrected chi connectivity index (χ3v) is 1.86. The van der Waals surface area contributed by atoms with Gasteiger partial charge in [0.2, 0.25) is 0 Å². The molecule has 70 valence electrons. The van der Waals surface area contributed by atoms with E-state index in [0.717, 1.165) is 24.1 Å². The average molecular weight is 184 g/mol. The second-order valence-corrected chi connectivity index (χ2v) is 2.84. The smallest absolute Gasteiger partial charge is 0.0912 e. The van der Waals surface area contributed by atoms with E-state index in [1.165, 1.54) is 6.08 Å². The summed E-state index contributed by atoms with van der Waals surface area (Å²) in [6.07, 6.45) is 8.64. The SMILES string of the molecule is C=CCCc1cccnc1C=CC#N. The van der Waals surface area contributed by atoms with E-state index in [4.69, 9.17) is 5.26 Å². The number of hydrogen-bond donors (Lipinski definition) is 0. The Kier molecular flexibility index (Phi) is 4.16. The lowest BCUT2D eigenvalue weighted by Crippen LogP contribution is -1.91. The van der Waals surface area contributed by atoms with E-state index in [1.807, 2.05) is 24.3 Å². The maximum atomic E-state index is 8.41. The van der Waals surface area contributed by atoms with Crippen molar-refractivity contribution in [2.45, 2.75) is 12.8 Å². The molecule has 0 saturated heterocycles. The first-order chi connectivity index (χ1) is 6.88. The standard InChI is InChI=1S/C12H12N2/c1-2-3-6-11-7-5-10-14-12(11)8-4-9-13/h2,4-5,7-8,10H,1,3,6H2. The van der Waals surface area contributed by atoms with Crippen LogP contribution in [0.3, 0.4) is 0 Å². The van der Waals surface area contributed by atoms with Crippen molar-refractivity contribution < 1.29 is 0 Å². The van der Waals surface area contributed by atoms with Gasteiger partial charge in [-0.3, -0.25) is 4.98 Å². The van der Waals surface area contributed by atoms with Crippen molar-refractivity contribution in [3.8, 4) is 6.07 Å². The van der Waals surface area contributed by atoms with Gasteiger partial charge in [0, 0.05) is 12.3 Å². The largest absolute Gasteiger partial charge is 0.257 e. The molecule has 0 aliphatic rings. The van der Waals surface area contributed by atoms with Crippen molar-refractivity contribution in [2.24, 2.45) is 0 Å². The lowest BCUT2D eigenvalue weighted by atomic mass is 10.1. The van der Waals surface area contributed by atoms with Gasteiger partial charge in [-0.2, -0.15) is 5.26 Å². The minimum absolute atomic E-state index is 0.871. The van der Waals surface area contributed by atoms with Crippen molar-refractivity contribution >= 4 is 6.08 Å². The van der Waals surface area contributed by atoms with Crippen LogP contribution in [0.4, 0.5) is 0 Å². The third kappa shape index (κ3) is 2.87. The second kappa shape index (κ2) is 5.71. The van der Waals surface area contributed by atoms with Gasteiger partial charge >= 0.3 is 0 Å². The number of allylic oxidation sites excluding steroid dienone is 2. The van der Waals surface area contributed by atoms with Gasteiger partial charge in [-0.05, 0) is 30.5 Å². The molecule has 14 heavy (non-hydrogen) atoms. The molecule has 0 N–H and O–H groups in total. The zero-order valence-electron chi connectivity index (χ0n) is 7.98. The molecular formula is C12H12N2. The summed E-state index contributed by atoms with van der Waals surface area (Å²) in [5.41, 5.74) is 2.02. The van der Waals surface area contributed by atoms with Crippen LogP contribution in [0.2, 0.25) is 0 Å². The number of pyridine rings is 1. The summed E-state index contributed by atoms with van der Waals surface area (Å²) < 4.78 is 0. The molecule has 1 aromatic heterocycles. The molecule has 1 aromatic rings. The van der Waals surface area contributed by atoms with E-state index in [9.17, 15) is 0 Å². The fourth-order valence-corrected chi connectivity index (χ4v) is 1.19. The molecule has 0 unspecified atom stereocenters. The van der Waals surface area contributed by atoms with Gasteiger partial charge in [-0.1, -0.05) is 12.1 Å². The van der Waals surface area contributed by atoms with Crippen LogP contribution in [-0.2, 0) is 6.42 Å². The molecule has 0 atom stereocenters. The van der Waals surface area contributed by atoms with Crippen LogP contribution in [0.25, 0.3) is 6.08 Å². The molecule has 0 saturated carbocycles. The normalized spacial score (nSPS) is 9.93. The van der Waals surface area contributed by atoms with Crippen LogP contribution in [0.5, 0.6) is 0 Å². The van der Waals surface area contributed by atoms with Crippen LogP contribution in [-0.4, -0.2) is 4.98 Å². The number of nitriles is 1. The minimum Gasteiger partial charge on any atom is -0.257 e. The van der Waals surface area contributed by atoms with Crippen LogP contribution in [0.15, 0.2) is 37.1 Å². The molecule has 0 aromatic carbocycles. The zero-order chi connectivity index (χ0) is 10.2. The van der Waals surface area contributed by atoms with Crippen molar-refractivity contribution in [3.05, 3.63) is 48.3 Å². The van der Waals surface area contributed by atoms with Gasteiger partial charge in [0.05, 0.1) is 11.8 Å². The van der Waals surface area contributed by atoms with Gasteiger partial charge in [-0.15, -0.1) is 6.58 Å². The third-order valence-electron chi connectivity index (χ3n) is 1.86. The summed E-state index contributed by atoms with van der Waals surface area (Å²) in [7, 11) is 0. The summed E-state index contributed by atoms with van der Waals surface area (Å²) in [4.78, 5) is 4.20. The Morgan fingerprint density at radius 1 is 1.57 bits per heavy atom. The predicted octanol–water partition coefficient (Wildman–Crippen LogP) is 2.74. The molecule has 2 heteroatoms. The van der Waals surface area contributed by atoms with Gasteiger partial charge < -0.3 is 0 Å². The van der Waals surface area contributed by atoms with Crippen LogP contribution in [0.1, 0.15) is 17.7 Å². The summed E-state index contributed by atoms with van der Waals surface area (Å²) >= 11 is 0. The van der Waals surface area contributed by atoms with Crippen LogP contribution in [0, 0.1) is 11.3 Å². The predicted molar refractivity (Wildman–Crippen MR) is 57.4 cm³/mol. The summed E-state index contributed by atoms with van der Waals surface area (Å²) in [5, 5.41) is 8.41. The summed E-state index contributed by atoms with van der Waals surface area (Å²) in [5.74, 6) is 0. The first-order valence-corrected chi connectivity index (χ1v) is 4.49. The van der Waals surface area contributed by atoms with Crippen LogP contribution < -0.4 is 0 Å². The number of hydrogen-bond acceptors (Lipinski definition) is 2. The molecule has 1 heterocycles. The van der Waals surface area contributed by atoms with E-state index in [1.54, 1.807) is 12.3 Å². The highest BCUT2D eigenvalue weighted by Crippen LogP contribution is 2.09. The van der Waals surface area contributed by atoms with Crippen molar-refractivity contribution in [2.75, 3.05) is 0 Å². The summed E-state index contributed by atoms with van der Waals surface area (Å²) in [6.45, 7) is 3.68. The van der Waals surface area contributed by atoms with Crippen molar-refractivity contribution in [3.63, 3.8) is 0 Å². The molecule has 0 aliphatic carbocycles.